The van der Waals surface area contributed by atoms with Crippen LogP contribution in [0.25, 0.3) is 0 Å². The van der Waals surface area contributed by atoms with Crippen LogP contribution >= 0.6 is 0 Å². The molecule has 0 radical (unpaired) electrons. The summed E-state index contributed by atoms with van der Waals surface area (Å²) in [6.45, 7) is 10.4. The van der Waals surface area contributed by atoms with Gasteiger partial charge in [0.25, 0.3) is 0 Å². The van der Waals surface area contributed by atoms with Gasteiger partial charge in [-0.25, -0.2) is 0 Å². The quantitative estimate of drug-likeness (QED) is 0.327. The lowest BCUT2D eigenvalue weighted by molar-refractivity contribution is -0.121. The number of rotatable bonds is 10. The summed E-state index contributed by atoms with van der Waals surface area (Å²) in [5.41, 5.74) is 0.779. The summed E-state index contributed by atoms with van der Waals surface area (Å²) in [7, 11) is 0. The van der Waals surface area contributed by atoms with Gasteiger partial charge in [-0.3, -0.25) is 4.79 Å². The molecule has 0 saturated heterocycles. The predicted octanol–water partition coefficient (Wildman–Crippen LogP) is 2.79. The Morgan fingerprint density at radius 3 is 2.41 bits per heavy atom. The first-order valence-electron chi connectivity index (χ1n) is 7.72. The van der Waals surface area contributed by atoms with Crippen LogP contribution in [-0.2, 0) is 16.2 Å². The van der Waals surface area contributed by atoms with Gasteiger partial charge in [-0.05, 0) is 44.3 Å². The van der Waals surface area contributed by atoms with Gasteiger partial charge in [0.05, 0.1) is 6.26 Å². The zero-order chi connectivity index (χ0) is 17.1. The summed E-state index contributed by atoms with van der Waals surface area (Å²) in [6, 6.07) is 0. The first-order chi connectivity index (χ1) is 10.3. The summed E-state index contributed by atoms with van der Waals surface area (Å²) >= 11 is -1.01. The molecule has 0 aliphatic carbocycles. The van der Waals surface area contributed by atoms with E-state index in [1.807, 2.05) is 34.6 Å². The minimum atomic E-state index is -1.01. The molecule has 5 nitrogen and oxygen atoms in total. The van der Waals surface area contributed by atoms with Gasteiger partial charge >= 0.3 is 0 Å². The van der Waals surface area contributed by atoms with E-state index in [0.29, 0.717) is 13.0 Å². The van der Waals surface area contributed by atoms with Gasteiger partial charge in [0.15, 0.2) is 0 Å². The Morgan fingerprint density at radius 2 is 1.91 bits per heavy atom. The van der Waals surface area contributed by atoms with Gasteiger partial charge in [0.1, 0.15) is 5.25 Å². The number of amides is 1. The van der Waals surface area contributed by atoms with E-state index in [4.69, 9.17) is 5.11 Å². The fourth-order valence-electron chi connectivity index (χ4n) is 1.73. The Morgan fingerprint density at radius 1 is 1.27 bits per heavy atom. The van der Waals surface area contributed by atoms with Crippen molar-refractivity contribution in [2.24, 2.45) is 11.8 Å². The molecule has 0 aromatic heterocycles. The maximum absolute atomic E-state index is 12.0. The molecule has 3 N–H and O–H groups in total. The Labute approximate surface area is 137 Å². The van der Waals surface area contributed by atoms with Gasteiger partial charge in [0.2, 0.25) is 5.91 Å². The van der Waals surface area contributed by atoms with E-state index < -0.39 is 11.4 Å². The van der Waals surface area contributed by atoms with Crippen LogP contribution in [0.5, 0.6) is 0 Å². The molecule has 0 aliphatic heterocycles. The predicted molar refractivity (Wildman–Crippen MR) is 92.5 cm³/mol. The van der Waals surface area contributed by atoms with E-state index in [-0.39, 0.29) is 23.0 Å². The van der Waals surface area contributed by atoms with E-state index in [0.717, 1.165) is 18.4 Å². The van der Waals surface area contributed by atoms with Crippen LogP contribution in [0.2, 0.25) is 0 Å². The lowest BCUT2D eigenvalue weighted by Gasteiger charge is -2.17. The highest BCUT2D eigenvalue weighted by Gasteiger charge is 2.14. The molecule has 128 valence electrons. The lowest BCUT2D eigenvalue weighted by atomic mass is 10.0. The number of allylic oxidation sites excluding steroid dienone is 3. The zero-order valence-electron chi connectivity index (χ0n) is 14.3. The number of hydrogen-bond acceptors (Lipinski definition) is 4. The first-order valence-corrected chi connectivity index (χ1v) is 8.94. The number of aliphatic hydroxyl groups is 1. The number of carbonyl (C=O) groups excluding carboxylic acids is 1. The maximum Gasteiger partial charge on any atom is 0.224 e. The molecule has 2 atom stereocenters. The van der Waals surface area contributed by atoms with Crippen LogP contribution in [-0.4, -0.2) is 27.4 Å². The highest BCUT2D eigenvalue weighted by atomic mass is 32.2. The fraction of sp³-hybridized carbons (Fsp3) is 0.688. The van der Waals surface area contributed by atoms with Crippen molar-refractivity contribution in [3.8, 4) is 0 Å². The Kier molecular flexibility index (Phi) is 11.1. The number of hydrogen-bond donors (Lipinski definition) is 3. The smallest absolute Gasteiger partial charge is 0.224 e. The van der Waals surface area contributed by atoms with Crippen molar-refractivity contribution in [2.45, 2.75) is 52.7 Å². The zero-order valence-corrected chi connectivity index (χ0v) is 15.1. The average molecular weight is 330 g/mol. The molecule has 0 fully saturated rings. The largest absolute Gasteiger partial charge is 0.598 e. The van der Waals surface area contributed by atoms with Crippen molar-refractivity contribution in [3.05, 3.63) is 24.1 Å². The Bertz CT molecular complexity index is 382. The Balaban J connectivity index is 4.19. The summed E-state index contributed by atoms with van der Waals surface area (Å²) in [6.07, 6.45) is 5.34. The van der Waals surface area contributed by atoms with Crippen LogP contribution in [0, 0.1) is 11.8 Å². The van der Waals surface area contributed by atoms with Crippen LogP contribution in [0.4, 0.5) is 0 Å². The molecule has 0 heterocycles. The van der Waals surface area contributed by atoms with Gasteiger partial charge in [0, 0.05) is 30.0 Å². The summed E-state index contributed by atoms with van der Waals surface area (Å²) in [4.78, 5) is 12.0. The second kappa shape index (κ2) is 11.6. The van der Waals surface area contributed by atoms with Crippen LogP contribution in [0.3, 0.4) is 0 Å². The normalized spacial score (nSPS) is 15.5. The molecule has 0 aliphatic rings. The highest BCUT2D eigenvalue weighted by Crippen LogP contribution is 2.11. The standard InChI is InChI=1S/C16H30N2O3S/c1-12(2)15(7-6-10-19)18-16(20)11-14(5)8-9-17-22(21)13(3)4/h6-7,10,12-14,17,19H,8-9,11H2,1-5H3,(H,18,20)/b10-6+,15-7+. The minimum absolute atomic E-state index is 0.0382. The molecule has 0 bridgehead atoms. The molecule has 0 saturated carbocycles. The molecular formula is C16H30N2O3S. The van der Waals surface area contributed by atoms with E-state index >= 15 is 0 Å². The van der Waals surface area contributed by atoms with Crippen molar-refractivity contribution in [1.82, 2.24) is 10.0 Å². The molecule has 2 unspecified atom stereocenters. The third kappa shape index (κ3) is 9.87. The topological polar surface area (TPSA) is 84.4 Å². The number of carbonyl (C=O) groups is 1. The van der Waals surface area contributed by atoms with Gasteiger partial charge < -0.3 is 15.0 Å². The van der Waals surface area contributed by atoms with Crippen molar-refractivity contribution in [1.29, 1.82) is 0 Å². The molecule has 22 heavy (non-hydrogen) atoms. The lowest BCUT2D eigenvalue weighted by Crippen LogP contribution is -2.33. The van der Waals surface area contributed by atoms with Crippen molar-refractivity contribution < 1.29 is 14.5 Å². The molecule has 1 amide bonds. The SMILES string of the molecule is CC(CCN[S+]([O-])C(C)C)CC(=O)N/C(=C/C=C/O)C(C)C. The second-order valence-electron chi connectivity index (χ2n) is 6.00. The molecule has 0 aromatic rings. The summed E-state index contributed by atoms with van der Waals surface area (Å²) in [5, 5.41) is 11.7. The van der Waals surface area contributed by atoms with Crippen LogP contribution in [0.15, 0.2) is 24.1 Å². The van der Waals surface area contributed by atoms with Crippen molar-refractivity contribution in [2.75, 3.05) is 6.54 Å². The van der Waals surface area contributed by atoms with Gasteiger partial charge in [-0.15, -0.1) is 4.72 Å². The van der Waals surface area contributed by atoms with E-state index in [1.165, 1.54) is 6.08 Å². The van der Waals surface area contributed by atoms with Crippen LogP contribution in [0.1, 0.15) is 47.5 Å². The van der Waals surface area contributed by atoms with Gasteiger partial charge in [-0.2, -0.15) is 0 Å². The van der Waals surface area contributed by atoms with Crippen LogP contribution < -0.4 is 10.0 Å². The molecule has 0 aromatic carbocycles. The van der Waals surface area contributed by atoms with Crippen molar-refractivity contribution in [3.63, 3.8) is 0 Å². The molecular weight excluding hydrogens is 300 g/mol. The molecule has 0 rings (SSSR count). The number of nitrogens with one attached hydrogen (secondary N) is 2. The summed E-state index contributed by atoms with van der Waals surface area (Å²) in [5.74, 6) is 0.341. The molecule has 6 heteroatoms. The minimum Gasteiger partial charge on any atom is -0.598 e. The first kappa shape index (κ1) is 21.0. The van der Waals surface area contributed by atoms with Gasteiger partial charge in [-0.1, -0.05) is 20.8 Å². The van der Waals surface area contributed by atoms with E-state index in [1.54, 1.807) is 6.08 Å². The average Bonchev–Trinajstić information content (AvgIpc) is 2.42. The summed E-state index contributed by atoms with van der Waals surface area (Å²) < 4.78 is 14.5. The Hall–Kier alpha value is -0.980. The van der Waals surface area contributed by atoms with Crippen molar-refractivity contribution >= 4 is 17.3 Å². The maximum atomic E-state index is 12.0. The second-order valence-corrected chi connectivity index (χ2v) is 7.83. The monoisotopic (exact) mass is 330 g/mol. The van der Waals surface area contributed by atoms with E-state index in [9.17, 15) is 9.35 Å². The fourth-order valence-corrected chi connectivity index (χ4v) is 2.38. The third-order valence-corrected chi connectivity index (χ3v) is 4.46. The third-order valence-electron chi connectivity index (χ3n) is 3.11. The van der Waals surface area contributed by atoms with E-state index in [2.05, 4.69) is 10.0 Å². The number of aliphatic hydroxyl groups excluding tert-OH is 1. The molecule has 0 spiro atoms. The highest BCUT2D eigenvalue weighted by molar-refractivity contribution is 7.90.